The second-order valence-electron chi connectivity index (χ2n) is 8.70. The molecule has 1 aliphatic rings. The van der Waals surface area contributed by atoms with E-state index in [4.69, 9.17) is 4.74 Å². The molecule has 3 rings (SSSR count). The van der Waals surface area contributed by atoms with E-state index < -0.39 is 8.07 Å². The minimum absolute atomic E-state index is 0.0456. The maximum Gasteiger partial charge on any atom is 0.123 e. The maximum atomic E-state index is 6.26. The first-order valence-corrected chi connectivity index (χ1v) is 12.4. The highest BCUT2D eigenvalue weighted by molar-refractivity contribution is 6.96. The number of allylic oxidation sites excluding steroid dienone is 1. The Morgan fingerprint density at radius 2 is 1.81 bits per heavy atom. The molecule has 2 aromatic carbocycles. The van der Waals surface area contributed by atoms with Crippen molar-refractivity contribution in [1.29, 1.82) is 0 Å². The molecular weight excluding hydrogens is 332 g/mol. The van der Waals surface area contributed by atoms with Crippen LogP contribution in [-0.4, -0.2) is 14.7 Å². The van der Waals surface area contributed by atoms with Gasteiger partial charge in [-0.1, -0.05) is 100 Å². The van der Waals surface area contributed by atoms with Crippen LogP contribution in [0.2, 0.25) is 13.1 Å². The van der Waals surface area contributed by atoms with Gasteiger partial charge in [-0.25, -0.2) is 0 Å². The lowest BCUT2D eigenvalue weighted by Crippen LogP contribution is -2.45. The molecule has 0 unspecified atom stereocenters. The lowest BCUT2D eigenvalue weighted by Gasteiger charge is -2.31. The minimum Gasteiger partial charge on any atom is -0.489 e. The number of ether oxygens (including phenoxy) is 1. The lowest BCUT2D eigenvalue weighted by atomic mass is 9.86. The second-order valence-corrected chi connectivity index (χ2v) is 13.1. The Morgan fingerprint density at radius 3 is 2.46 bits per heavy atom. The van der Waals surface area contributed by atoms with E-state index in [-0.39, 0.29) is 5.41 Å². The van der Waals surface area contributed by atoms with Crippen molar-refractivity contribution in [2.45, 2.75) is 45.7 Å². The lowest BCUT2D eigenvalue weighted by molar-refractivity contribution is 0.354. The third-order valence-electron chi connectivity index (χ3n) is 5.41. The first-order valence-electron chi connectivity index (χ1n) is 9.42. The summed E-state index contributed by atoms with van der Waals surface area (Å²) >= 11 is 0. The van der Waals surface area contributed by atoms with Crippen LogP contribution in [0, 0.1) is 0 Å². The van der Waals surface area contributed by atoms with Crippen LogP contribution in [0.15, 0.2) is 60.3 Å². The fraction of sp³-hybridized carbons (Fsp3) is 0.333. The van der Waals surface area contributed by atoms with Crippen molar-refractivity contribution >= 4 is 19.3 Å². The van der Waals surface area contributed by atoms with E-state index in [9.17, 15) is 0 Å². The molecule has 0 atom stereocenters. The van der Waals surface area contributed by atoms with Crippen LogP contribution in [0.5, 0.6) is 5.75 Å². The summed E-state index contributed by atoms with van der Waals surface area (Å²) in [4.78, 5) is 0. The number of benzene rings is 2. The van der Waals surface area contributed by atoms with Gasteiger partial charge in [-0.3, -0.25) is 0 Å². The zero-order valence-electron chi connectivity index (χ0n) is 16.7. The molecule has 1 aliphatic carbocycles. The summed E-state index contributed by atoms with van der Waals surface area (Å²) < 4.78 is 6.26. The van der Waals surface area contributed by atoms with Gasteiger partial charge in [-0.05, 0) is 33.7 Å². The van der Waals surface area contributed by atoms with Gasteiger partial charge in [-0.2, -0.15) is 0 Å². The number of rotatable bonds is 5. The average Bonchev–Trinajstić information content (AvgIpc) is 3.03. The normalized spacial score (nSPS) is 14.0. The van der Waals surface area contributed by atoms with Crippen molar-refractivity contribution in [1.82, 2.24) is 0 Å². The maximum absolute atomic E-state index is 6.26. The highest BCUT2D eigenvalue weighted by Crippen LogP contribution is 2.36. The van der Waals surface area contributed by atoms with Crippen molar-refractivity contribution in [2.24, 2.45) is 0 Å². The SMILES string of the molecule is C=CCOc1c(C(C)(C)C)cccc1[Si](C)(C)C1=Cc2ccccc2C1. The topological polar surface area (TPSA) is 9.23 Å². The fourth-order valence-electron chi connectivity index (χ4n) is 3.77. The van der Waals surface area contributed by atoms with Gasteiger partial charge in [0.2, 0.25) is 0 Å². The third kappa shape index (κ3) is 3.43. The number of para-hydroxylation sites is 1. The van der Waals surface area contributed by atoms with Crippen LogP contribution >= 0.6 is 0 Å². The highest BCUT2D eigenvalue weighted by Gasteiger charge is 2.35. The quantitative estimate of drug-likeness (QED) is 0.494. The summed E-state index contributed by atoms with van der Waals surface area (Å²) in [7, 11) is -1.85. The molecule has 0 amide bonds. The smallest absolute Gasteiger partial charge is 0.123 e. The molecule has 0 radical (unpaired) electrons. The van der Waals surface area contributed by atoms with Gasteiger partial charge in [0.1, 0.15) is 20.4 Å². The van der Waals surface area contributed by atoms with Gasteiger partial charge in [-0.15, -0.1) is 0 Å². The van der Waals surface area contributed by atoms with Crippen molar-refractivity contribution in [3.63, 3.8) is 0 Å². The van der Waals surface area contributed by atoms with Gasteiger partial charge in [0.15, 0.2) is 0 Å². The van der Waals surface area contributed by atoms with E-state index in [1.54, 1.807) is 5.20 Å². The Balaban J connectivity index is 2.09. The molecule has 0 bridgehead atoms. The first-order chi connectivity index (χ1) is 12.2. The molecule has 0 saturated heterocycles. The Kier molecular flexibility index (Phi) is 4.98. The summed E-state index contributed by atoms with van der Waals surface area (Å²) in [6, 6.07) is 15.5. The molecule has 1 nitrogen and oxygen atoms in total. The zero-order valence-corrected chi connectivity index (χ0v) is 17.7. The number of hydrogen-bond donors (Lipinski definition) is 0. The first kappa shape index (κ1) is 18.7. The van der Waals surface area contributed by atoms with Crippen LogP contribution in [0.1, 0.15) is 37.5 Å². The van der Waals surface area contributed by atoms with Crippen molar-refractivity contribution < 1.29 is 4.74 Å². The average molecular weight is 363 g/mol. The summed E-state index contributed by atoms with van der Waals surface area (Å²) in [6.45, 7) is 16.1. The van der Waals surface area contributed by atoms with Gasteiger partial charge in [0.05, 0.1) is 0 Å². The Labute approximate surface area is 159 Å². The van der Waals surface area contributed by atoms with E-state index in [1.165, 1.54) is 21.9 Å². The van der Waals surface area contributed by atoms with Gasteiger partial charge in [0, 0.05) is 0 Å². The molecule has 136 valence electrons. The Bertz CT molecular complexity index is 853. The molecule has 0 fully saturated rings. The van der Waals surface area contributed by atoms with Crippen molar-refractivity contribution in [2.75, 3.05) is 6.61 Å². The van der Waals surface area contributed by atoms with E-state index in [2.05, 4.69) is 89.0 Å². The molecule has 0 N–H and O–H groups in total. The summed E-state index contributed by atoms with van der Waals surface area (Å²) in [5.41, 5.74) is 4.16. The van der Waals surface area contributed by atoms with Crippen LogP contribution < -0.4 is 9.92 Å². The molecule has 0 heterocycles. The molecule has 0 saturated carbocycles. The molecule has 2 aromatic rings. The Morgan fingerprint density at radius 1 is 1.08 bits per heavy atom. The fourth-order valence-corrected chi connectivity index (χ4v) is 6.55. The Hall–Kier alpha value is -2.06. The summed E-state index contributed by atoms with van der Waals surface area (Å²) in [6.07, 6.45) is 5.32. The van der Waals surface area contributed by atoms with Crippen molar-refractivity contribution in [3.8, 4) is 5.75 Å². The molecule has 0 aromatic heterocycles. The van der Waals surface area contributed by atoms with Crippen molar-refractivity contribution in [3.05, 3.63) is 77.0 Å². The number of hydrogen-bond acceptors (Lipinski definition) is 1. The van der Waals surface area contributed by atoms with E-state index >= 15 is 0 Å². The van der Waals surface area contributed by atoms with Crippen LogP contribution in [0.25, 0.3) is 6.08 Å². The summed E-state index contributed by atoms with van der Waals surface area (Å²) in [5, 5.41) is 2.97. The molecule has 26 heavy (non-hydrogen) atoms. The number of fused-ring (bicyclic) bond motifs is 1. The van der Waals surface area contributed by atoms with Crippen LogP contribution in [0.4, 0.5) is 0 Å². The predicted molar refractivity (Wildman–Crippen MR) is 116 cm³/mol. The standard InChI is InChI=1S/C24H30OSi/c1-7-15-25-23-21(24(2,3)4)13-10-14-22(23)26(5,6)20-16-18-11-8-9-12-19(18)17-20/h7-14,16H,1,15,17H2,2-6H3. The molecule has 2 heteroatoms. The summed E-state index contributed by atoms with van der Waals surface area (Å²) in [5.74, 6) is 1.08. The van der Waals surface area contributed by atoms with Gasteiger partial charge in [0.25, 0.3) is 0 Å². The molecule has 0 spiro atoms. The van der Waals surface area contributed by atoms with E-state index in [0.717, 1.165) is 12.2 Å². The third-order valence-corrected chi connectivity index (χ3v) is 9.08. The van der Waals surface area contributed by atoms with Crippen LogP contribution in [0.3, 0.4) is 0 Å². The largest absolute Gasteiger partial charge is 0.489 e. The van der Waals surface area contributed by atoms with E-state index in [0.29, 0.717) is 6.61 Å². The minimum atomic E-state index is -1.85. The molecule has 0 aliphatic heterocycles. The monoisotopic (exact) mass is 362 g/mol. The van der Waals surface area contributed by atoms with E-state index in [1.807, 2.05) is 6.08 Å². The van der Waals surface area contributed by atoms with Crippen LogP contribution in [-0.2, 0) is 11.8 Å². The second kappa shape index (κ2) is 6.92. The predicted octanol–water partition coefficient (Wildman–Crippen LogP) is 5.64. The molecular formula is C24H30OSi. The van der Waals surface area contributed by atoms with Gasteiger partial charge >= 0.3 is 0 Å². The highest BCUT2D eigenvalue weighted by atomic mass is 28.3. The zero-order chi connectivity index (χ0) is 18.9. The van der Waals surface area contributed by atoms with Gasteiger partial charge < -0.3 is 4.74 Å².